The van der Waals surface area contributed by atoms with Crippen LogP contribution in [0.3, 0.4) is 0 Å². The summed E-state index contributed by atoms with van der Waals surface area (Å²) in [5, 5.41) is 18.5. The summed E-state index contributed by atoms with van der Waals surface area (Å²) in [6.07, 6.45) is -3.34. The fourth-order valence-corrected chi connectivity index (χ4v) is 3.50. The molecule has 3 rings (SSSR count). The Morgan fingerprint density at radius 3 is 1.46 bits per heavy atom. The van der Waals surface area contributed by atoms with E-state index < -0.39 is 36.1 Å². The number of nitrogens with two attached hydrogens (primary N) is 1. The van der Waals surface area contributed by atoms with Gasteiger partial charge in [-0.05, 0) is 43.2 Å². The molecule has 5 N–H and O–H groups in total. The van der Waals surface area contributed by atoms with Crippen molar-refractivity contribution in [1.82, 2.24) is 5.43 Å². The molecule has 0 aliphatic rings. The average molecular weight is 567 g/mol. The second-order valence-corrected chi connectivity index (χ2v) is 8.74. The quantitative estimate of drug-likeness (QED) is 0.135. The lowest BCUT2D eigenvalue weighted by Gasteiger charge is -2.22. The number of hydrazine groups is 1. The lowest BCUT2D eigenvalue weighted by atomic mass is 10.1. The number of ether oxygens (including phenoxy) is 3. The van der Waals surface area contributed by atoms with Crippen molar-refractivity contribution in [1.29, 1.82) is 0 Å². The fraction of sp³-hybridized carbons (Fsp3) is 0.267. The minimum atomic E-state index is -2.21. The Bertz CT molecular complexity index is 1170. The minimum Gasteiger partial charge on any atom is -0.478 e. The first kappa shape index (κ1) is 32.6. The number of hydrogen-bond donors (Lipinski definition) is 4. The van der Waals surface area contributed by atoms with Crippen molar-refractivity contribution < 1.29 is 43.6 Å². The minimum absolute atomic E-state index is 0.0253. The van der Waals surface area contributed by atoms with Gasteiger partial charge in [-0.2, -0.15) is 0 Å². The van der Waals surface area contributed by atoms with E-state index in [0.29, 0.717) is 6.61 Å². The average Bonchev–Trinajstić information content (AvgIpc) is 2.99. The summed E-state index contributed by atoms with van der Waals surface area (Å²) in [6, 6.07) is 25.2. The summed E-state index contributed by atoms with van der Waals surface area (Å²) in [5.41, 5.74) is 4.00. The van der Waals surface area contributed by atoms with Crippen molar-refractivity contribution in [2.24, 2.45) is 5.84 Å². The van der Waals surface area contributed by atoms with Gasteiger partial charge in [-0.25, -0.2) is 19.2 Å². The molecule has 0 saturated carbocycles. The Morgan fingerprint density at radius 2 is 1.12 bits per heavy atom. The van der Waals surface area contributed by atoms with Gasteiger partial charge in [-0.3, -0.25) is 11.3 Å². The van der Waals surface area contributed by atoms with Crippen LogP contribution >= 0.6 is 0 Å². The normalized spacial score (nSPS) is 13.3. The summed E-state index contributed by atoms with van der Waals surface area (Å²) in [4.78, 5) is 46.8. The van der Waals surface area contributed by atoms with Gasteiger partial charge >= 0.3 is 23.9 Å². The van der Waals surface area contributed by atoms with E-state index in [1.54, 1.807) is 12.1 Å². The van der Waals surface area contributed by atoms with Gasteiger partial charge in [-0.15, -0.1) is 0 Å². The highest BCUT2D eigenvalue weighted by atomic mass is 16.6. The lowest BCUT2D eigenvalue weighted by Crippen LogP contribution is -2.45. The monoisotopic (exact) mass is 566 g/mol. The van der Waals surface area contributed by atoms with E-state index in [-0.39, 0.29) is 23.3 Å². The summed E-state index contributed by atoms with van der Waals surface area (Å²) in [7, 11) is 0. The van der Waals surface area contributed by atoms with Crippen LogP contribution in [0, 0.1) is 0 Å². The Hall–Kier alpha value is -4.58. The van der Waals surface area contributed by atoms with Crippen LogP contribution in [0.25, 0.3) is 0 Å². The van der Waals surface area contributed by atoms with Crippen LogP contribution in [0.2, 0.25) is 0 Å². The highest BCUT2D eigenvalue weighted by Gasteiger charge is 2.41. The molecule has 0 aromatic heterocycles. The molecule has 0 amide bonds. The third kappa shape index (κ3) is 10.8. The molecule has 3 aromatic carbocycles. The highest BCUT2D eigenvalue weighted by Crippen LogP contribution is 2.13. The molecule has 218 valence electrons. The molecule has 11 nitrogen and oxygen atoms in total. The number of rotatable bonds is 13. The Kier molecular flexibility index (Phi) is 13.7. The van der Waals surface area contributed by atoms with E-state index in [2.05, 4.69) is 24.5 Å². The topological polar surface area (TPSA) is 174 Å². The smallest absolute Gasteiger partial charge is 0.349 e. The molecule has 0 aliphatic heterocycles. The Labute approximate surface area is 237 Å². The van der Waals surface area contributed by atoms with Crippen molar-refractivity contribution in [2.75, 3.05) is 0 Å². The number of benzene rings is 3. The van der Waals surface area contributed by atoms with Gasteiger partial charge in [0.1, 0.15) is 0 Å². The van der Waals surface area contributed by atoms with Crippen LogP contribution in [0.5, 0.6) is 0 Å². The summed E-state index contributed by atoms with van der Waals surface area (Å²) >= 11 is 0. The van der Waals surface area contributed by atoms with Crippen LogP contribution < -0.4 is 11.3 Å². The van der Waals surface area contributed by atoms with Gasteiger partial charge in [0.15, 0.2) is 0 Å². The standard InChI is InChI=1S/C18H14O8.C12H20N2O/c19-15(20)13(25-17(23)11-7-3-1-4-8-11)14(16(21)22)26-18(24)12-9-5-2-6-10-12;1-3-12(14-13)10(2)15-9-11-7-5-4-6-8-11/h1-10,13-14H,(H,19,20)(H,21,22);4-8,10,12,14H,3,9,13H2,1-2H3/t13-,14-;10-,12-/m10/s1. The molecule has 0 heterocycles. The zero-order valence-electron chi connectivity index (χ0n) is 22.7. The van der Waals surface area contributed by atoms with Gasteiger partial charge in [0.2, 0.25) is 12.2 Å². The zero-order chi connectivity index (χ0) is 30.2. The highest BCUT2D eigenvalue weighted by molar-refractivity contribution is 5.95. The molecule has 41 heavy (non-hydrogen) atoms. The second kappa shape index (κ2) is 17.2. The number of hydrogen-bond acceptors (Lipinski definition) is 9. The SMILES string of the molecule is CC[C@H](NN)[C@H](C)OCc1ccccc1.O=C(O[C@@H](C(=O)O)[C@@H](OC(=O)c1ccccc1)C(=O)O)c1ccccc1. The van der Waals surface area contributed by atoms with Gasteiger partial charge in [0, 0.05) is 6.04 Å². The Morgan fingerprint density at radius 1 is 0.732 bits per heavy atom. The molecule has 11 heteroatoms. The van der Waals surface area contributed by atoms with Crippen molar-refractivity contribution in [3.05, 3.63) is 108 Å². The van der Waals surface area contributed by atoms with Crippen LogP contribution in [0.15, 0.2) is 91.0 Å². The zero-order valence-corrected chi connectivity index (χ0v) is 22.7. The molecule has 4 atom stereocenters. The number of nitrogens with one attached hydrogen (secondary N) is 1. The first-order valence-corrected chi connectivity index (χ1v) is 12.8. The van der Waals surface area contributed by atoms with Crippen LogP contribution in [-0.4, -0.2) is 58.4 Å². The molecular weight excluding hydrogens is 532 g/mol. The van der Waals surface area contributed by atoms with E-state index in [1.807, 2.05) is 25.1 Å². The van der Waals surface area contributed by atoms with E-state index in [4.69, 9.17) is 20.1 Å². The van der Waals surface area contributed by atoms with Gasteiger partial charge in [0.25, 0.3) is 0 Å². The predicted molar refractivity (Wildman–Crippen MR) is 149 cm³/mol. The maximum atomic E-state index is 12.0. The van der Waals surface area contributed by atoms with Gasteiger partial charge < -0.3 is 24.4 Å². The van der Waals surface area contributed by atoms with E-state index in [9.17, 15) is 29.4 Å². The van der Waals surface area contributed by atoms with Crippen LogP contribution in [0.4, 0.5) is 0 Å². The van der Waals surface area contributed by atoms with Crippen LogP contribution in [-0.2, 0) is 30.4 Å². The molecule has 0 radical (unpaired) electrons. The van der Waals surface area contributed by atoms with E-state index >= 15 is 0 Å². The number of carbonyl (C=O) groups excluding carboxylic acids is 2. The molecule has 3 aromatic rings. The number of carboxylic acid groups (broad SMARTS) is 2. The molecule has 0 saturated heterocycles. The van der Waals surface area contributed by atoms with E-state index in [0.717, 1.165) is 6.42 Å². The van der Waals surface area contributed by atoms with Gasteiger partial charge in [0.05, 0.1) is 23.8 Å². The van der Waals surface area contributed by atoms with Crippen LogP contribution in [0.1, 0.15) is 46.5 Å². The number of carbonyl (C=O) groups is 4. The maximum Gasteiger partial charge on any atom is 0.349 e. The largest absolute Gasteiger partial charge is 0.478 e. The first-order chi connectivity index (χ1) is 19.7. The summed E-state index contributed by atoms with van der Waals surface area (Å²) < 4.78 is 15.3. The summed E-state index contributed by atoms with van der Waals surface area (Å²) in [6.45, 7) is 4.77. The third-order valence-corrected chi connectivity index (χ3v) is 5.83. The molecule has 0 bridgehead atoms. The molecule has 0 unspecified atom stereocenters. The predicted octanol–water partition coefficient (Wildman–Crippen LogP) is 3.44. The summed E-state index contributed by atoms with van der Waals surface area (Å²) in [5.74, 6) is -0.211. The number of aliphatic carboxylic acids is 2. The first-order valence-electron chi connectivity index (χ1n) is 12.8. The molecule has 0 spiro atoms. The fourth-order valence-electron chi connectivity index (χ4n) is 3.50. The molecule has 0 aliphatic carbocycles. The molecular formula is C30H34N2O9. The van der Waals surface area contributed by atoms with Gasteiger partial charge in [-0.1, -0.05) is 73.7 Å². The van der Waals surface area contributed by atoms with Crippen molar-refractivity contribution in [2.45, 2.75) is 51.2 Å². The maximum absolute atomic E-state index is 12.0. The van der Waals surface area contributed by atoms with Crippen molar-refractivity contribution in [3.8, 4) is 0 Å². The second-order valence-electron chi connectivity index (χ2n) is 8.74. The lowest BCUT2D eigenvalue weighted by molar-refractivity contribution is -0.166. The number of esters is 2. The van der Waals surface area contributed by atoms with Crippen molar-refractivity contribution in [3.63, 3.8) is 0 Å². The third-order valence-electron chi connectivity index (χ3n) is 5.83. The van der Waals surface area contributed by atoms with Crippen molar-refractivity contribution >= 4 is 23.9 Å². The Balaban J connectivity index is 0.000000333. The van der Waals surface area contributed by atoms with E-state index in [1.165, 1.54) is 54.1 Å². The molecule has 0 fully saturated rings. The number of carboxylic acids is 2.